The molecule has 1 aromatic rings. The SMILES string of the molecule is CS(=O)(=O)N1CC(Oc2ccccn2)C1. The number of pyridine rings is 1. The van der Waals surface area contributed by atoms with Crippen LogP contribution in [0.1, 0.15) is 0 Å². The molecular formula is C9H12N2O3S. The zero-order valence-corrected chi connectivity index (χ0v) is 9.14. The number of ether oxygens (including phenoxy) is 1. The van der Waals surface area contributed by atoms with Gasteiger partial charge >= 0.3 is 0 Å². The zero-order chi connectivity index (χ0) is 10.9. The van der Waals surface area contributed by atoms with Crippen LogP contribution in [0.5, 0.6) is 5.88 Å². The summed E-state index contributed by atoms with van der Waals surface area (Å²) in [5.74, 6) is 0.538. The van der Waals surface area contributed by atoms with Crippen molar-refractivity contribution < 1.29 is 13.2 Å². The predicted molar refractivity (Wildman–Crippen MR) is 55.1 cm³/mol. The van der Waals surface area contributed by atoms with Crippen molar-refractivity contribution in [2.45, 2.75) is 6.10 Å². The lowest BCUT2D eigenvalue weighted by molar-refractivity contribution is 0.0726. The van der Waals surface area contributed by atoms with Crippen LogP contribution in [0.15, 0.2) is 24.4 Å². The van der Waals surface area contributed by atoms with Crippen LogP contribution < -0.4 is 4.74 Å². The largest absolute Gasteiger partial charge is 0.472 e. The minimum absolute atomic E-state index is 0.0744. The first-order chi connectivity index (χ1) is 7.05. The van der Waals surface area contributed by atoms with Crippen molar-refractivity contribution in [3.05, 3.63) is 24.4 Å². The maximum Gasteiger partial charge on any atom is 0.213 e. The number of nitrogens with zero attached hydrogens (tertiary/aromatic N) is 2. The quantitative estimate of drug-likeness (QED) is 0.736. The van der Waals surface area contributed by atoms with Crippen LogP contribution in [-0.2, 0) is 10.0 Å². The van der Waals surface area contributed by atoms with Crippen LogP contribution >= 0.6 is 0 Å². The molecule has 1 aliphatic rings. The molecule has 2 heterocycles. The summed E-state index contributed by atoms with van der Waals surface area (Å²) < 4.78 is 29.0. The van der Waals surface area contributed by atoms with Crippen molar-refractivity contribution in [1.29, 1.82) is 0 Å². The summed E-state index contributed by atoms with van der Waals surface area (Å²) in [6, 6.07) is 5.38. The maximum atomic E-state index is 11.1. The summed E-state index contributed by atoms with van der Waals surface area (Å²) in [5.41, 5.74) is 0. The molecule has 82 valence electrons. The second kappa shape index (κ2) is 3.79. The van der Waals surface area contributed by atoms with E-state index >= 15 is 0 Å². The Morgan fingerprint density at radius 1 is 1.47 bits per heavy atom. The van der Waals surface area contributed by atoms with Crippen molar-refractivity contribution in [1.82, 2.24) is 9.29 Å². The summed E-state index contributed by atoms with van der Waals surface area (Å²) in [5, 5.41) is 0. The van der Waals surface area contributed by atoms with Crippen molar-refractivity contribution in [2.75, 3.05) is 19.3 Å². The molecule has 0 atom stereocenters. The van der Waals surface area contributed by atoms with E-state index < -0.39 is 10.0 Å². The molecule has 15 heavy (non-hydrogen) atoms. The molecule has 1 aromatic heterocycles. The molecule has 0 aliphatic carbocycles. The lowest BCUT2D eigenvalue weighted by Crippen LogP contribution is -2.55. The normalized spacial score (nSPS) is 18.5. The average Bonchev–Trinajstić information content (AvgIpc) is 2.10. The second-order valence-electron chi connectivity index (χ2n) is 3.49. The van der Waals surface area contributed by atoms with Crippen LogP contribution in [0.25, 0.3) is 0 Å². The van der Waals surface area contributed by atoms with Crippen LogP contribution in [-0.4, -0.2) is 43.2 Å². The summed E-state index contributed by atoms with van der Waals surface area (Å²) in [6.07, 6.45) is 2.77. The van der Waals surface area contributed by atoms with Gasteiger partial charge in [-0.2, -0.15) is 4.31 Å². The summed E-state index contributed by atoms with van der Waals surface area (Å²) in [6.45, 7) is 0.824. The van der Waals surface area contributed by atoms with Crippen molar-refractivity contribution in [2.24, 2.45) is 0 Å². The highest BCUT2D eigenvalue weighted by Crippen LogP contribution is 2.17. The molecule has 0 spiro atoms. The van der Waals surface area contributed by atoms with Gasteiger partial charge < -0.3 is 4.74 Å². The van der Waals surface area contributed by atoms with Gasteiger partial charge in [-0.05, 0) is 6.07 Å². The minimum Gasteiger partial charge on any atom is -0.472 e. The number of hydrogen-bond donors (Lipinski definition) is 0. The van der Waals surface area contributed by atoms with Crippen LogP contribution in [0.3, 0.4) is 0 Å². The van der Waals surface area contributed by atoms with Gasteiger partial charge in [-0.15, -0.1) is 0 Å². The zero-order valence-electron chi connectivity index (χ0n) is 8.33. The van der Waals surface area contributed by atoms with E-state index in [4.69, 9.17) is 4.74 Å². The van der Waals surface area contributed by atoms with Gasteiger partial charge in [0.15, 0.2) is 0 Å². The smallest absolute Gasteiger partial charge is 0.213 e. The Hall–Kier alpha value is -1.14. The van der Waals surface area contributed by atoms with Crippen molar-refractivity contribution in [3.63, 3.8) is 0 Å². The van der Waals surface area contributed by atoms with Crippen LogP contribution in [0.2, 0.25) is 0 Å². The second-order valence-corrected chi connectivity index (χ2v) is 5.47. The van der Waals surface area contributed by atoms with E-state index in [0.717, 1.165) is 0 Å². The fourth-order valence-electron chi connectivity index (χ4n) is 1.33. The summed E-state index contributed by atoms with van der Waals surface area (Å²) in [4.78, 5) is 4.00. The fourth-order valence-corrected chi connectivity index (χ4v) is 2.21. The fraction of sp³-hybridized carbons (Fsp3) is 0.444. The van der Waals surface area contributed by atoms with E-state index in [1.807, 2.05) is 6.07 Å². The van der Waals surface area contributed by atoms with Gasteiger partial charge in [0.25, 0.3) is 0 Å². The Kier molecular flexibility index (Phi) is 2.62. The Morgan fingerprint density at radius 2 is 2.20 bits per heavy atom. The average molecular weight is 228 g/mol. The number of hydrogen-bond acceptors (Lipinski definition) is 4. The Labute approximate surface area is 88.7 Å². The molecule has 2 rings (SSSR count). The summed E-state index contributed by atoms with van der Waals surface area (Å²) >= 11 is 0. The van der Waals surface area contributed by atoms with E-state index in [0.29, 0.717) is 19.0 Å². The highest BCUT2D eigenvalue weighted by molar-refractivity contribution is 7.88. The Balaban J connectivity index is 1.87. The van der Waals surface area contributed by atoms with Gasteiger partial charge in [-0.1, -0.05) is 6.07 Å². The van der Waals surface area contributed by atoms with Crippen molar-refractivity contribution in [3.8, 4) is 5.88 Å². The van der Waals surface area contributed by atoms with Crippen LogP contribution in [0.4, 0.5) is 0 Å². The highest BCUT2D eigenvalue weighted by atomic mass is 32.2. The molecule has 0 N–H and O–H groups in total. The first-order valence-electron chi connectivity index (χ1n) is 4.58. The lowest BCUT2D eigenvalue weighted by atomic mass is 10.2. The van der Waals surface area contributed by atoms with E-state index in [-0.39, 0.29) is 6.10 Å². The third-order valence-electron chi connectivity index (χ3n) is 2.21. The molecule has 6 heteroatoms. The number of rotatable bonds is 3. The van der Waals surface area contributed by atoms with E-state index in [9.17, 15) is 8.42 Å². The highest BCUT2D eigenvalue weighted by Gasteiger charge is 2.34. The Bertz CT molecular complexity index is 426. The van der Waals surface area contributed by atoms with Gasteiger partial charge in [0.1, 0.15) is 6.10 Å². The molecule has 5 nitrogen and oxygen atoms in total. The molecule has 0 bridgehead atoms. The molecular weight excluding hydrogens is 216 g/mol. The van der Waals surface area contributed by atoms with Gasteiger partial charge in [-0.25, -0.2) is 13.4 Å². The van der Waals surface area contributed by atoms with E-state index in [1.54, 1.807) is 18.3 Å². The topological polar surface area (TPSA) is 59.5 Å². The molecule has 0 saturated carbocycles. The molecule has 0 amide bonds. The molecule has 1 fully saturated rings. The molecule has 0 radical (unpaired) electrons. The van der Waals surface area contributed by atoms with Gasteiger partial charge in [-0.3, -0.25) is 0 Å². The third-order valence-corrected chi connectivity index (χ3v) is 3.44. The van der Waals surface area contributed by atoms with Crippen LogP contribution in [0, 0.1) is 0 Å². The minimum atomic E-state index is -3.06. The third kappa shape index (κ3) is 2.45. The molecule has 0 aromatic carbocycles. The maximum absolute atomic E-state index is 11.1. The Morgan fingerprint density at radius 3 is 2.73 bits per heavy atom. The van der Waals surface area contributed by atoms with Crippen molar-refractivity contribution >= 4 is 10.0 Å². The number of aromatic nitrogens is 1. The summed E-state index contributed by atoms with van der Waals surface area (Å²) in [7, 11) is -3.06. The lowest BCUT2D eigenvalue weighted by Gasteiger charge is -2.36. The molecule has 1 aliphatic heterocycles. The van der Waals surface area contributed by atoms with Gasteiger partial charge in [0, 0.05) is 12.3 Å². The van der Waals surface area contributed by atoms with E-state index in [2.05, 4.69) is 4.98 Å². The van der Waals surface area contributed by atoms with Gasteiger partial charge in [0.2, 0.25) is 15.9 Å². The number of sulfonamides is 1. The first-order valence-corrected chi connectivity index (χ1v) is 6.43. The molecule has 1 saturated heterocycles. The molecule has 0 unspecified atom stereocenters. The van der Waals surface area contributed by atoms with Gasteiger partial charge in [0.05, 0.1) is 19.3 Å². The van der Waals surface area contributed by atoms with E-state index in [1.165, 1.54) is 10.6 Å². The predicted octanol–water partition coefficient (Wildman–Crippen LogP) is 0.104. The standard InChI is InChI=1S/C9H12N2O3S/c1-15(12,13)11-6-8(7-11)14-9-4-2-3-5-10-9/h2-5,8H,6-7H2,1H3. The monoisotopic (exact) mass is 228 g/mol. The first kappa shape index (κ1) is 10.4.